The van der Waals surface area contributed by atoms with Crippen LogP contribution in [0.3, 0.4) is 0 Å². The van der Waals surface area contributed by atoms with Crippen molar-refractivity contribution in [1.29, 1.82) is 0 Å². The average Bonchev–Trinajstić information content (AvgIpc) is 3.26. The highest BCUT2D eigenvalue weighted by atomic mass is 32.1. The maximum atomic E-state index is 5.96. The van der Waals surface area contributed by atoms with Crippen molar-refractivity contribution in [2.24, 2.45) is 5.92 Å². The zero-order valence-corrected chi connectivity index (χ0v) is 15.9. The van der Waals surface area contributed by atoms with Gasteiger partial charge in [-0.15, -0.1) is 11.3 Å². The van der Waals surface area contributed by atoms with E-state index in [0.29, 0.717) is 5.92 Å². The molecule has 2 atom stereocenters. The highest BCUT2D eigenvalue weighted by molar-refractivity contribution is 7.11. The molecule has 0 saturated carbocycles. The number of aryl methyl sites for hydroxylation is 1. The molecular weight excluding hydrogens is 320 g/mol. The number of nitrogens with zero attached hydrogens (tertiary/aromatic N) is 3. The van der Waals surface area contributed by atoms with Crippen molar-refractivity contribution in [3.8, 4) is 0 Å². The molecule has 1 saturated heterocycles. The van der Waals surface area contributed by atoms with Crippen LogP contribution in [0.4, 0.5) is 0 Å². The molecule has 3 heterocycles. The van der Waals surface area contributed by atoms with Crippen LogP contribution in [0.1, 0.15) is 55.7 Å². The maximum Gasteiger partial charge on any atom is 0.0981 e. The number of hydrogen-bond donors (Lipinski definition) is 1. The molecule has 2 aromatic heterocycles. The lowest BCUT2D eigenvalue weighted by molar-refractivity contribution is 0.0904. The van der Waals surface area contributed by atoms with Crippen LogP contribution in [0.5, 0.6) is 0 Å². The maximum absolute atomic E-state index is 5.96. The Hall–Kier alpha value is -1.24. The third kappa shape index (κ3) is 4.05. The summed E-state index contributed by atoms with van der Waals surface area (Å²) in [7, 11) is 0. The van der Waals surface area contributed by atoms with E-state index >= 15 is 0 Å². The fraction of sp³-hybridized carbons (Fsp3) is 0.667. The first-order valence-corrected chi connectivity index (χ1v) is 9.59. The molecule has 0 spiro atoms. The number of aromatic nitrogens is 3. The molecule has 0 aliphatic carbocycles. The molecule has 24 heavy (non-hydrogen) atoms. The summed E-state index contributed by atoms with van der Waals surface area (Å²) in [4.78, 5) is 5.86. The summed E-state index contributed by atoms with van der Waals surface area (Å²) in [6.45, 7) is 12.3. The Morgan fingerprint density at radius 3 is 2.88 bits per heavy atom. The van der Waals surface area contributed by atoms with Crippen molar-refractivity contribution in [2.75, 3.05) is 13.2 Å². The fourth-order valence-electron chi connectivity index (χ4n) is 3.03. The Morgan fingerprint density at radius 2 is 2.21 bits per heavy atom. The second kappa shape index (κ2) is 7.33. The molecule has 2 aromatic rings. The second-order valence-corrected chi connectivity index (χ2v) is 8.60. The highest BCUT2D eigenvalue weighted by Crippen LogP contribution is 2.34. The molecule has 0 bridgehead atoms. The molecule has 6 heteroatoms. The van der Waals surface area contributed by atoms with Crippen LogP contribution in [0.25, 0.3) is 0 Å². The van der Waals surface area contributed by atoms with Gasteiger partial charge in [0.2, 0.25) is 0 Å². The average molecular weight is 349 g/mol. The van der Waals surface area contributed by atoms with Gasteiger partial charge in [-0.2, -0.15) is 5.10 Å². The lowest BCUT2D eigenvalue weighted by Crippen LogP contribution is -2.24. The highest BCUT2D eigenvalue weighted by Gasteiger charge is 2.30. The van der Waals surface area contributed by atoms with Crippen LogP contribution in [-0.2, 0) is 23.2 Å². The topological polar surface area (TPSA) is 52.0 Å². The van der Waals surface area contributed by atoms with Crippen LogP contribution >= 0.6 is 11.3 Å². The largest absolute Gasteiger partial charge is 0.373 e. The first-order valence-electron chi connectivity index (χ1n) is 8.77. The number of hydrogen-bond acceptors (Lipinski definition) is 5. The molecule has 1 aliphatic heterocycles. The molecule has 0 unspecified atom stereocenters. The van der Waals surface area contributed by atoms with Crippen LogP contribution in [-0.4, -0.2) is 27.9 Å². The Kier molecular flexibility index (Phi) is 5.37. The first kappa shape index (κ1) is 17.6. The van der Waals surface area contributed by atoms with Gasteiger partial charge in [0.25, 0.3) is 0 Å². The second-order valence-electron chi connectivity index (χ2n) is 7.48. The van der Waals surface area contributed by atoms with Gasteiger partial charge in [0.15, 0.2) is 0 Å². The summed E-state index contributed by atoms with van der Waals surface area (Å²) in [6, 6.07) is 0. The van der Waals surface area contributed by atoms with Gasteiger partial charge in [-0.05, 0) is 13.3 Å². The summed E-state index contributed by atoms with van der Waals surface area (Å²) < 4.78 is 7.92. The zero-order chi connectivity index (χ0) is 17.2. The summed E-state index contributed by atoms with van der Waals surface area (Å²) in [6.07, 6.45) is 7.34. The van der Waals surface area contributed by atoms with Gasteiger partial charge >= 0.3 is 0 Å². The molecule has 0 amide bonds. The molecular formula is C18H28N4OS. The Labute approximate surface area is 148 Å². The number of rotatable bonds is 6. The van der Waals surface area contributed by atoms with E-state index in [-0.39, 0.29) is 11.5 Å². The Bertz CT molecular complexity index is 658. The SMILES string of the molecule is CCn1cc([C@H]2OCC[C@@H]2CNCc2cnc(C(C)(C)C)s2)cn1. The van der Waals surface area contributed by atoms with E-state index in [1.807, 2.05) is 28.4 Å². The summed E-state index contributed by atoms with van der Waals surface area (Å²) in [5, 5.41) is 9.17. The molecule has 0 radical (unpaired) electrons. The van der Waals surface area contributed by atoms with E-state index in [1.165, 1.54) is 15.4 Å². The minimum Gasteiger partial charge on any atom is -0.373 e. The van der Waals surface area contributed by atoms with Crippen LogP contribution in [0, 0.1) is 5.92 Å². The van der Waals surface area contributed by atoms with Crippen molar-refractivity contribution in [2.45, 2.75) is 58.7 Å². The van der Waals surface area contributed by atoms with Crippen LogP contribution < -0.4 is 5.32 Å². The molecule has 1 aliphatic rings. The molecule has 0 aromatic carbocycles. The van der Waals surface area contributed by atoms with Crippen molar-refractivity contribution >= 4 is 11.3 Å². The van der Waals surface area contributed by atoms with Crippen molar-refractivity contribution < 1.29 is 4.74 Å². The van der Waals surface area contributed by atoms with E-state index in [9.17, 15) is 0 Å². The van der Waals surface area contributed by atoms with Gasteiger partial charge in [0, 0.05) is 60.4 Å². The summed E-state index contributed by atoms with van der Waals surface area (Å²) in [5.74, 6) is 0.509. The molecule has 5 nitrogen and oxygen atoms in total. The molecule has 132 valence electrons. The minimum absolute atomic E-state index is 0.132. The normalized spacial score (nSPS) is 21.5. The van der Waals surface area contributed by atoms with Crippen molar-refractivity contribution in [1.82, 2.24) is 20.1 Å². The van der Waals surface area contributed by atoms with Crippen molar-refractivity contribution in [3.63, 3.8) is 0 Å². The Balaban J connectivity index is 1.53. The number of thiazole rings is 1. The quantitative estimate of drug-likeness (QED) is 0.868. The van der Waals surface area contributed by atoms with E-state index < -0.39 is 0 Å². The number of ether oxygens (including phenoxy) is 1. The van der Waals surface area contributed by atoms with E-state index in [1.54, 1.807) is 0 Å². The lowest BCUT2D eigenvalue weighted by atomic mass is 9.97. The third-order valence-electron chi connectivity index (χ3n) is 4.42. The zero-order valence-electron chi connectivity index (χ0n) is 15.1. The molecule has 1 N–H and O–H groups in total. The Morgan fingerprint density at radius 1 is 1.38 bits per heavy atom. The van der Waals surface area contributed by atoms with Gasteiger partial charge < -0.3 is 10.1 Å². The van der Waals surface area contributed by atoms with E-state index in [0.717, 1.165) is 32.7 Å². The van der Waals surface area contributed by atoms with Gasteiger partial charge in [-0.3, -0.25) is 4.68 Å². The molecule has 1 fully saturated rings. The minimum atomic E-state index is 0.132. The standard InChI is InChI=1S/C18H28N4OS/c1-5-22-12-14(9-21-22)16-13(6-7-23-16)8-19-10-15-11-20-17(24-15)18(2,3)4/h9,11-13,16,19H,5-8,10H2,1-4H3/t13-,16+/m1/s1. The van der Waals surface area contributed by atoms with E-state index in [4.69, 9.17) is 4.74 Å². The predicted molar refractivity (Wildman–Crippen MR) is 97.2 cm³/mol. The fourth-order valence-corrected chi connectivity index (χ4v) is 3.97. The summed E-state index contributed by atoms with van der Waals surface area (Å²) in [5.41, 5.74) is 1.33. The smallest absolute Gasteiger partial charge is 0.0981 e. The third-order valence-corrected chi connectivity index (χ3v) is 5.84. The summed E-state index contributed by atoms with van der Waals surface area (Å²) >= 11 is 1.81. The predicted octanol–water partition coefficient (Wildman–Crippen LogP) is 3.52. The van der Waals surface area contributed by atoms with Gasteiger partial charge in [0.1, 0.15) is 0 Å². The monoisotopic (exact) mass is 348 g/mol. The van der Waals surface area contributed by atoms with Gasteiger partial charge in [0.05, 0.1) is 17.3 Å². The van der Waals surface area contributed by atoms with Crippen molar-refractivity contribution in [3.05, 3.63) is 34.0 Å². The number of nitrogens with one attached hydrogen (secondary N) is 1. The van der Waals surface area contributed by atoms with Crippen LogP contribution in [0.15, 0.2) is 18.6 Å². The van der Waals surface area contributed by atoms with Gasteiger partial charge in [-0.1, -0.05) is 20.8 Å². The first-order chi connectivity index (χ1) is 11.5. The van der Waals surface area contributed by atoms with Crippen LogP contribution in [0.2, 0.25) is 0 Å². The lowest BCUT2D eigenvalue weighted by Gasteiger charge is -2.17. The van der Waals surface area contributed by atoms with Gasteiger partial charge in [-0.25, -0.2) is 4.98 Å². The van der Waals surface area contributed by atoms with E-state index in [2.05, 4.69) is 49.3 Å². The molecule has 3 rings (SSSR count).